The Morgan fingerprint density at radius 2 is 2.31 bits per heavy atom. The Balaban J connectivity index is 1.63. The summed E-state index contributed by atoms with van der Waals surface area (Å²) in [7, 11) is 0. The van der Waals surface area contributed by atoms with Crippen LogP contribution in [0.4, 0.5) is 0 Å². The third kappa shape index (κ3) is 2.53. The SMILES string of the molecule is N#CCCCCNC(=O)C1CC2CCC1N2. The number of amides is 1. The van der Waals surface area contributed by atoms with Crippen molar-refractivity contribution in [2.45, 2.75) is 50.6 Å². The molecule has 2 fully saturated rings. The molecular formula is C12H19N3O. The quantitative estimate of drug-likeness (QED) is 0.679. The van der Waals surface area contributed by atoms with Gasteiger partial charge in [0.05, 0.1) is 12.0 Å². The van der Waals surface area contributed by atoms with E-state index >= 15 is 0 Å². The molecule has 4 heteroatoms. The summed E-state index contributed by atoms with van der Waals surface area (Å²) in [6.45, 7) is 0.717. The molecule has 16 heavy (non-hydrogen) atoms. The van der Waals surface area contributed by atoms with Gasteiger partial charge in [0.1, 0.15) is 0 Å². The first-order valence-corrected chi connectivity index (χ1v) is 6.22. The molecule has 0 aromatic carbocycles. The van der Waals surface area contributed by atoms with Crippen LogP contribution in [0, 0.1) is 17.2 Å². The molecule has 2 heterocycles. The van der Waals surface area contributed by atoms with E-state index < -0.39 is 0 Å². The van der Waals surface area contributed by atoms with E-state index in [2.05, 4.69) is 16.7 Å². The molecule has 88 valence electrons. The van der Waals surface area contributed by atoms with Crippen molar-refractivity contribution in [1.29, 1.82) is 5.26 Å². The summed E-state index contributed by atoms with van der Waals surface area (Å²) < 4.78 is 0. The van der Waals surface area contributed by atoms with Crippen molar-refractivity contribution >= 4 is 5.91 Å². The average Bonchev–Trinajstić information content (AvgIpc) is 2.90. The molecule has 3 atom stereocenters. The predicted molar refractivity (Wildman–Crippen MR) is 60.5 cm³/mol. The fraction of sp³-hybridized carbons (Fsp3) is 0.833. The van der Waals surface area contributed by atoms with Gasteiger partial charge in [0, 0.05) is 25.0 Å². The summed E-state index contributed by atoms with van der Waals surface area (Å²) in [4.78, 5) is 11.9. The largest absolute Gasteiger partial charge is 0.356 e. The second-order valence-electron chi connectivity index (χ2n) is 4.80. The monoisotopic (exact) mass is 221 g/mol. The minimum Gasteiger partial charge on any atom is -0.356 e. The Labute approximate surface area is 96.4 Å². The number of nitrogens with one attached hydrogen (secondary N) is 2. The van der Waals surface area contributed by atoms with Crippen LogP contribution in [0.3, 0.4) is 0 Å². The topological polar surface area (TPSA) is 64.9 Å². The summed E-state index contributed by atoms with van der Waals surface area (Å²) in [5, 5.41) is 14.8. The van der Waals surface area contributed by atoms with Crippen molar-refractivity contribution in [3.05, 3.63) is 0 Å². The predicted octanol–water partition coefficient (Wildman–Crippen LogP) is 0.937. The molecule has 2 bridgehead atoms. The zero-order valence-electron chi connectivity index (χ0n) is 9.54. The molecule has 0 aromatic rings. The van der Waals surface area contributed by atoms with Crippen molar-refractivity contribution in [3.8, 4) is 6.07 Å². The molecular weight excluding hydrogens is 202 g/mol. The van der Waals surface area contributed by atoms with Gasteiger partial charge < -0.3 is 10.6 Å². The second kappa shape index (κ2) is 5.31. The van der Waals surface area contributed by atoms with Gasteiger partial charge in [-0.25, -0.2) is 0 Å². The minimum atomic E-state index is 0.190. The number of carbonyl (C=O) groups is 1. The van der Waals surface area contributed by atoms with Gasteiger partial charge in [-0.15, -0.1) is 0 Å². The minimum absolute atomic E-state index is 0.190. The van der Waals surface area contributed by atoms with E-state index in [0.717, 1.165) is 25.7 Å². The van der Waals surface area contributed by atoms with E-state index in [9.17, 15) is 4.79 Å². The number of rotatable bonds is 5. The van der Waals surface area contributed by atoms with E-state index in [1.165, 1.54) is 6.42 Å². The van der Waals surface area contributed by atoms with Gasteiger partial charge >= 0.3 is 0 Å². The standard InChI is InChI=1S/C12H19N3O/c13-6-2-1-3-7-14-12(16)10-8-9-4-5-11(10)15-9/h9-11,15H,1-5,7-8H2,(H,14,16). The number of hydrogen-bond acceptors (Lipinski definition) is 3. The molecule has 2 N–H and O–H groups in total. The smallest absolute Gasteiger partial charge is 0.224 e. The molecule has 0 spiro atoms. The van der Waals surface area contributed by atoms with Crippen molar-refractivity contribution in [1.82, 2.24) is 10.6 Å². The molecule has 2 aliphatic heterocycles. The van der Waals surface area contributed by atoms with E-state index in [1.807, 2.05) is 0 Å². The Morgan fingerprint density at radius 3 is 2.94 bits per heavy atom. The fourth-order valence-electron chi connectivity index (χ4n) is 2.79. The van der Waals surface area contributed by atoms with Crippen LogP contribution in [0.2, 0.25) is 0 Å². The van der Waals surface area contributed by atoms with Crippen LogP contribution >= 0.6 is 0 Å². The van der Waals surface area contributed by atoms with Gasteiger partial charge in [-0.2, -0.15) is 5.26 Å². The first-order valence-electron chi connectivity index (χ1n) is 6.22. The molecule has 2 aliphatic rings. The molecule has 3 unspecified atom stereocenters. The van der Waals surface area contributed by atoms with E-state index in [4.69, 9.17) is 5.26 Å². The Morgan fingerprint density at radius 1 is 1.44 bits per heavy atom. The van der Waals surface area contributed by atoms with Crippen LogP contribution in [0.1, 0.15) is 38.5 Å². The summed E-state index contributed by atoms with van der Waals surface area (Å²) in [5.41, 5.74) is 0. The molecule has 0 radical (unpaired) electrons. The van der Waals surface area contributed by atoms with Gasteiger partial charge in [0.15, 0.2) is 0 Å². The molecule has 0 aliphatic carbocycles. The highest BCUT2D eigenvalue weighted by atomic mass is 16.1. The van der Waals surface area contributed by atoms with Gasteiger partial charge in [0.25, 0.3) is 0 Å². The fourth-order valence-corrected chi connectivity index (χ4v) is 2.79. The van der Waals surface area contributed by atoms with Crippen molar-refractivity contribution < 1.29 is 4.79 Å². The Hall–Kier alpha value is -1.08. The van der Waals surface area contributed by atoms with Gasteiger partial charge in [0.2, 0.25) is 5.91 Å². The Kier molecular flexibility index (Phi) is 3.79. The molecule has 2 rings (SSSR count). The highest BCUT2D eigenvalue weighted by molar-refractivity contribution is 5.80. The number of nitriles is 1. The summed E-state index contributed by atoms with van der Waals surface area (Å²) in [6, 6.07) is 3.11. The zero-order chi connectivity index (χ0) is 11.4. The molecule has 2 saturated heterocycles. The van der Waals surface area contributed by atoms with Crippen molar-refractivity contribution in [2.75, 3.05) is 6.54 Å². The second-order valence-corrected chi connectivity index (χ2v) is 4.80. The first-order chi connectivity index (χ1) is 7.81. The molecule has 1 amide bonds. The maximum atomic E-state index is 11.9. The third-order valence-electron chi connectivity index (χ3n) is 3.65. The van der Waals surface area contributed by atoms with Crippen LogP contribution < -0.4 is 10.6 Å². The summed E-state index contributed by atoms with van der Waals surface area (Å²) in [5.74, 6) is 0.395. The lowest BCUT2D eigenvalue weighted by Crippen LogP contribution is -2.37. The van der Waals surface area contributed by atoms with E-state index in [-0.39, 0.29) is 11.8 Å². The summed E-state index contributed by atoms with van der Waals surface area (Å²) >= 11 is 0. The number of nitrogens with zero attached hydrogens (tertiary/aromatic N) is 1. The number of fused-ring (bicyclic) bond motifs is 2. The van der Waals surface area contributed by atoms with Crippen molar-refractivity contribution in [2.24, 2.45) is 5.92 Å². The van der Waals surface area contributed by atoms with Crippen LogP contribution in [-0.2, 0) is 4.79 Å². The van der Waals surface area contributed by atoms with Crippen LogP contribution in [0.25, 0.3) is 0 Å². The lowest BCUT2D eigenvalue weighted by molar-refractivity contribution is -0.125. The first kappa shape index (κ1) is 11.4. The van der Waals surface area contributed by atoms with Crippen LogP contribution in [-0.4, -0.2) is 24.5 Å². The third-order valence-corrected chi connectivity index (χ3v) is 3.65. The zero-order valence-corrected chi connectivity index (χ0v) is 9.54. The molecule has 0 saturated carbocycles. The maximum Gasteiger partial charge on any atom is 0.224 e. The van der Waals surface area contributed by atoms with Crippen LogP contribution in [0.15, 0.2) is 0 Å². The lowest BCUT2D eigenvalue weighted by atomic mass is 9.88. The van der Waals surface area contributed by atoms with E-state index in [1.54, 1.807) is 0 Å². The van der Waals surface area contributed by atoms with Crippen molar-refractivity contribution in [3.63, 3.8) is 0 Å². The molecule has 0 aromatic heterocycles. The molecule has 4 nitrogen and oxygen atoms in total. The lowest BCUT2D eigenvalue weighted by Gasteiger charge is -2.19. The maximum absolute atomic E-state index is 11.9. The number of unbranched alkanes of at least 4 members (excludes halogenated alkanes) is 2. The normalized spacial score (nSPS) is 31.3. The Bertz CT molecular complexity index is 297. The van der Waals surface area contributed by atoms with E-state index in [0.29, 0.717) is 25.0 Å². The highest BCUT2D eigenvalue weighted by Crippen LogP contribution is 2.33. The van der Waals surface area contributed by atoms with Crippen LogP contribution in [0.5, 0.6) is 0 Å². The van der Waals surface area contributed by atoms with Gasteiger partial charge in [-0.1, -0.05) is 0 Å². The highest BCUT2D eigenvalue weighted by Gasteiger charge is 2.42. The average molecular weight is 221 g/mol. The summed E-state index contributed by atoms with van der Waals surface area (Å²) in [6.07, 6.45) is 5.77. The van der Waals surface area contributed by atoms with Gasteiger partial charge in [-0.3, -0.25) is 4.79 Å². The number of hydrogen-bond donors (Lipinski definition) is 2. The van der Waals surface area contributed by atoms with Gasteiger partial charge in [-0.05, 0) is 32.1 Å². The number of carbonyl (C=O) groups excluding carboxylic acids is 1.